The van der Waals surface area contributed by atoms with Crippen molar-refractivity contribution in [1.29, 1.82) is 0 Å². The molecule has 0 spiro atoms. The zero-order valence-electron chi connectivity index (χ0n) is 7.94. The lowest BCUT2D eigenvalue weighted by Crippen LogP contribution is -2.24. The van der Waals surface area contributed by atoms with Gasteiger partial charge < -0.3 is 14.6 Å². The molecule has 78 valence electrons. The van der Waals surface area contributed by atoms with Crippen molar-refractivity contribution in [2.75, 3.05) is 13.2 Å². The van der Waals surface area contributed by atoms with Crippen molar-refractivity contribution in [3.8, 4) is 5.75 Å². The number of aliphatic hydroxyl groups excluding tert-OH is 1. The normalized spacial score (nSPS) is 12.5. The van der Waals surface area contributed by atoms with Crippen molar-refractivity contribution in [2.24, 2.45) is 0 Å². The highest BCUT2D eigenvalue weighted by Crippen LogP contribution is 2.16. The van der Waals surface area contributed by atoms with E-state index in [2.05, 4.69) is 0 Å². The van der Waals surface area contributed by atoms with Gasteiger partial charge in [-0.2, -0.15) is 0 Å². The molecule has 1 rings (SSSR count). The van der Waals surface area contributed by atoms with Crippen LogP contribution in [0.4, 0.5) is 0 Å². The van der Waals surface area contributed by atoms with Crippen LogP contribution in [0.15, 0.2) is 24.3 Å². The second-order valence-electron chi connectivity index (χ2n) is 2.64. The fourth-order valence-corrected chi connectivity index (χ4v) is 1.10. The largest absolute Gasteiger partial charge is 0.462 e. The number of rotatable bonds is 5. The molecule has 0 aliphatic heterocycles. The summed E-state index contributed by atoms with van der Waals surface area (Å²) in [6.07, 6.45) is -0.610. The van der Waals surface area contributed by atoms with Crippen molar-refractivity contribution in [3.05, 3.63) is 29.3 Å². The quantitative estimate of drug-likeness (QED) is 0.766. The highest BCUT2D eigenvalue weighted by Gasteiger charge is 2.07. The van der Waals surface area contributed by atoms with Gasteiger partial charge in [-0.15, -0.1) is 0 Å². The molecule has 4 heteroatoms. The van der Waals surface area contributed by atoms with Crippen molar-refractivity contribution >= 4 is 11.6 Å². The molecule has 1 aromatic carbocycles. The van der Waals surface area contributed by atoms with Gasteiger partial charge in [-0.1, -0.05) is 11.6 Å². The molecule has 0 bridgehead atoms. The van der Waals surface area contributed by atoms with Crippen LogP contribution < -0.4 is 4.74 Å². The van der Waals surface area contributed by atoms with Gasteiger partial charge in [0.2, 0.25) is 6.29 Å². The summed E-state index contributed by atoms with van der Waals surface area (Å²) in [5, 5.41) is 9.54. The summed E-state index contributed by atoms with van der Waals surface area (Å²) in [4.78, 5) is 0. The zero-order valence-corrected chi connectivity index (χ0v) is 8.70. The first-order valence-electron chi connectivity index (χ1n) is 4.41. The van der Waals surface area contributed by atoms with Crippen LogP contribution in [0.2, 0.25) is 5.02 Å². The van der Waals surface area contributed by atoms with Crippen molar-refractivity contribution < 1.29 is 14.6 Å². The van der Waals surface area contributed by atoms with E-state index < -0.39 is 6.29 Å². The highest BCUT2D eigenvalue weighted by molar-refractivity contribution is 6.30. The van der Waals surface area contributed by atoms with Crippen LogP contribution in [0.3, 0.4) is 0 Å². The van der Waals surface area contributed by atoms with Gasteiger partial charge in [0.25, 0.3) is 0 Å². The SMILES string of the molecule is CCOC(CO)Oc1ccc(Cl)cc1. The molecule has 0 amide bonds. The summed E-state index contributed by atoms with van der Waals surface area (Å²) in [5.41, 5.74) is 0. The standard InChI is InChI=1S/C10H13ClO3/c1-2-13-10(7-12)14-9-5-3-8(11)4-6-9/h3-6,10,12H,2,7H2,1H3. The van der Waals surface area contributed by atoms with E-state index in [4.69, 9.17) is 26.2 Å². The third-order valence-corrected chi connectivity index (χ3v) is 1.83. The molecular weight excluding hydrogens is 204 g/mol. The summed E-state index contributed by atoms with van der Waals surface area (Å²) in [6.45, 7) is 2.17. The molecule has 1 N–H and O–H groups in total. The molecule has 0 fully saturated rings. The van der Waals surface area contributed by atoms with Gasteiger partial charge in [-0.3, -0.25) is 0 Å². The van der Waals surface area contributed by atoms with Crippen LogP contribution in [-0.2, 0) is 4.74 Å². The molecule has 0 saturated carbocycles. The lowest BCUT2D eigenvalue weighted by atomic mass is 10.3. The van der Waals surface area contributed by atoms with Crippen LogP contribution in [-0.4, -0.2) is 24.6 Å². The Morgan fingerprint density at radius 1 is 1.36 bits per heavy atom. The molecule has 0 heterocycles. The molecule has 0 aromatic heterocycles. The lowest BCUT2D eigenvalue weighted by molar-refractivity contribution is -0.103. The maximum atomic E-state index is 8.90. The Morgan fingerprint density at radius 3 is 2.50 bits per heavy atom. The summed E-state index contributed by atoms with van der Waals surface area (Å²) in [5.74, 6) is 0.627. The first-order valence-corrected chi connectivity index (χ1v) is 4.78. The van der Waals surface area contributed by atoms with E-state index in [1.165, 1.54) is 0 Å². The fraction of sp³-hybridized carbons (Fsp3) is 0.400. The summed E-state index contributed by atoms with van der Waals surface area (Å²) in [7, 11) is 0. The third-order valence-electron chi connectivity index (χ3n) is 1.58. The third kappa shape index (κ3) is 3.54. The van der Waals surface area contributed by atoms with E-state index in [0.29, 0.717) is 17.4 Å². The van der Waals surface area contributed by atoms with Crippen LogP contribution >= 0.6 is 11.6 Å². The first kappa shape index (κ1) is 11.3. The van der Waals surface area contributed by atoms with Crippen LogP contribution in [0, 0.1) is 0 Å². The monoisotopic (exact) mass is 216 g/mol. The number of ether oxygens (including phenoxy) is 2. The van der Waals surface area contributed by atoms with Gasteiger partial charge in [0.15, 0.2) is 0 Å². The van der Waals surface area contributed by atoms with Gasteiger partial charge in [0.05, 0.1) is 0 Å². The highest BCUT2D eigenvalue weighted by atomic mass is 35.5. The lowest BCUT2D eigenvalue weighted by Gasteiger charge is -2.16. The Balaban J connectivity index is 2.53. The number of aliphatic hydroxyl groups is 1. The molecule has 1 unspecified atom stereocenters. The van der Waals surface area contributed by atoms with E-state index in [9.17, 15) is 0 Å². The molecule has 3 nitrogen and oxygen atoms in total. The van der Waals surface area contributed by atoms with Crippen LogP contribution in [0.1, 0.15) is 6.92 Å². The predicted octanol–water partition coefficient (Wildman–Crippen LogP) is 2.07. The van der Waals surface area contributed by atoms with Gasteiger partial charge in [-0.25, -0.2) is 0 Å². The van der Waals surface area contributed by atoms with E-state index in [1.807, 2.05) is 6.92 Å². The minimum atomic E-state index is -0.610. The van der Waals surface area contributed by atoms with Crippen molar-refractivity contribution in [2.45, 2.75) is 13.2 Å². The predicted molar refractivity (Wildman–Crippen MR) is 54.6 cm³/mol. The first-order chi connectivity index (χ1) is 6.76. The van der Waals surface area contributed by atoms with E-state index >= 15 is 0 Å². The average molecular weight is 217 g/mol. The number of hydrogen-bond acceptors (Lipinski definition) is 3. The Morgan fingerprint density at radius 2 is 2.00 bits per heavy atom. The molecular formula is C10H13ClO3. The number of hydrogen-bond donors (Lipinski definition) is 1. The van der Waals surface area contributed by atoms with Gasteiger partial charge >= 0.3 is 0 Å². The van der Waals surface area contributed by atoms with E-state index in [0.717, 1.165) is 0 Å². The van der Waals surface area contributed by atoms with Gasteiger partial charge in [0.1, 0.15) is 12.4 Å². The summed E-state index contributed by atoms with van der Waals surface area (Å²) < 4.78 is 10.4. The Bertz CT molecular complexity index is 261. The molecule has 14 heavy (non-hydrogen) atoms. The number of benzene rings is 1. The summed E-state index contributed by atoms with van der Waals surface area (Å²) in [6, 6.07) is 6.89. The van der Waals surface area contributed by atoms with Gasteiger partial charge in [0, 0.05) is 11.6 Å². The van der Waals surface area contributed by atoms with Gasteiger partial charge in [-0.05, 0) is 31.2 Å². The molecule has 0 saturated heterocycles. The molecule has 1 aromatic rings. The van der Waals surface area contributed by atoms with E-state index in [1.54, 1.807) is 24.3 Å². The maximum absolute atomic E-state index is 8.90. The maximum Gasteiger partial charge on any atom is 0.223 e. The van der Waals surface area contributed by atoms with Crippen molar-refractivity contribution in [3.63, 3.8) is 0 Å². The minimum absolute atomic E-state index is 0.170. The van der Waals surface area contributed by atoms with E-state index in [-0.39, 0.29) is 6.61 Å². The second kappa shape index (κ2) is 5.86. The smallest absolute Gasteiger partial charge is 0.223 e. The van der Waals surface area contributed by atoms with Crippen LogP contribution in [0.5, 0.6) is 5.75 Å². The second-order valence-corrected chi connectivity index (χ2v) is 3.08. The summed E-state index contributed by atoms with van der Waals surface area (Å²) >= 11 is 5.71. The molecule has 0 radical (unpaired) electrons. The van der Waals surface area contributed by atoms with Crippen molar-refractivity contribution in [1.82, 2.24) is 0 Å². The topological polar surface area (TPSA) is 38.7 Å². The zero-order chi connectivity index (χ0) is 10.4. The fourth-order valence-electron chi connectivity index (χ4n) is 0.975. The Hall–Kier alpha value is -0.770. The molecule has 0 aliphatic carbocycles. The average Bonchev–Trinajstić information content (AvgIpc) is 2.20. The number of halogens is 1. The molecule has 1 atom stereocenters. The Kier molecular flexibility index (Phi) is 4.73. The minimum Gasteiger partial charge on any atom is -0.462 e. The van der Waals surface area contributed by atoms with Crippen LogP contribution in [0.25, 0.3) is 0 Å². The Labute approximate surface area is 88.2 Å². The molecule has 0 aliphatic rings.